The predicted molar refractivity (Wildman–Crippen MR) is 70.5 cm³/mol. The molecule has 0 saturated heterocycles. The van der Waals surface area contributed by atoms with Gasteiger partial charge in [-0.3, -0.25) is 4.79 Å². The summed E-state index contributed by atoms with van der Waals surface area (Å²) in [5, 5.41) is 3.85. The fourth-order valence-corrected chi connectivity index (χ4v) is 1.66. The van der Waals surface area contributed by atoms with Gasteiger partial charge in [0.2, 0.25) is 0 Å². The van der Waals surface area contributed by atoms with Crippen molar-refractivity contribution in [1.82, 2.24) is 19.6 Å². The van der Waals surface area contributed by atoms with E-state index in [0.29, 0.717) is 23.8 Å². The molecule has 2 aromatic rings. The molecular weight excluding hydrogens is 246 g/mol. The molecule has 2 N–H and O–H groups in total. The topological polar surface area (TPSA) is 90.2 Å². The monoisotopic (exact) mass is 263 g/mol. The molecule has 7 heteroatoms. The van der Waals surface area contributed by atoms with E-state index in [4.69, 9.17) is 10.3 Å². The first-order valence-corrected chi connectivity index (χ1v) is 5.88. The van der Waals surface area contributed by atoms with Crippen LogP contribution in [0.3, 0.4) is 0 Å². The Hall–Kier alpha value is -1.99. The lowest BCUT2D eigenvalue weighted by Crippen LogP contribution is -2.26. The van der Waals surface area contributed by atoms with E-state index in [0.717, 1.165) is 0 Å². The summed E-state index contributed by atoms with van der Waals surface area (Å²) in [5.41, 5.74) is 6.42. The summed E-state index contributed by atoms with van der Waals surface area (Å²) in [6.07, 6.45) is 1.65. The van der Waals surface area contributed by atoms with Gasteiger partial charge in [0.25, 0.3) is 11.4 Å². The van der Waals surface area contributed by atoms with Crippen molar-refractivity contribution in [2.75, 3.05) is 20.6 Å². The zero-order valence-electron chi connectivity index (χ0n) is 11.2. The Balaban J connectivity index is 2.25. The molecule has 102 valence electrons. The van der Waals surface area contributed by atoms with E-state index in [1.165, 1.54) is 10.6 Å². The fraction of sp³-hybridized carbons (Fsp3) is 0.417. The molecule has 1 atom stereocenters. The number of likely N-dealkylation sites (N-methyl/N-ethyl adjacent to an activating group) is 1. The van der Waals surface area contributed by atoms with Gasteiger partial charge in [0.15, 0.2) is 5.82 Å². The molecular formula is C12H17N5O2. The number of pyridine rings is 1. The van der Waals surface area contributed by atoms with E-state index in [-0.39, 0.29) is 11.6 Å². The van der Waals surface area contributed by atoms with E-state index in [1.54, 1.807) is 19.3 Å². The molecule has 0 bridgehead atoms. The third-order valence-electron chi connectivity index (χ3n) is 2.69. The second kappa shape index (κ2) is 5.33. The summed E-state index contributed by atoms with van der Waals surface area (Å²) >= 11 is 0. The normalized spacial score (nSPS) is 12.9. The lowest BCUT2D eigenvalue weighted by molar-refractivity contribution is 0.357. The molecule has 2 rings (SSSR count). The standard InChI is InChI=1S/C12H17N5O2/c1-16(2)7-9(13)11-14-12(19-15-11)8-4-5-17(3)10(18)6-8/h4-6,9H,7,13H2,1-3H3. The summed E-state index contributed by atoms with van der Waals surface area (Å²) in [4.78, 5) is 17.7. The molecule has 0 aliphatic carbocycles. The first-order valence-electron chi connectivity index (χ1n) is 5.88. The van der Waals surface area contributed by atoms with Crippen molar-refractivity contribution in [1.29, 1.82) is 0 Å². The minimum Gasteiger partial charge on any atom is -0.334 e. The van der Waals surface area contributed by atoms with Crippen molar-refractivity contribution >= 4 is 0 Å². The smallest absolute Gasteiger partial charge is 0.258 e. The quantitative estimate of drug-likeness (QED) is 0.834. The largest absolute Gasteiger partial charge is 0.334 e. The van der Waals surface area contributed by atoms with Crippen LogP contribution in [0.5, 0.6) is 0 Å². The third-order valence-corrected chi connectivity index (χ3v) is 2.69. The van der Waals surface area contributed by atoms with E-state index < -0.39 is 0 Å². The van der Waals surface area contributed by atoms with Gasteiger partial charge in [-0.15, -0.1) is 0 Å². The van der Waals surface area contributed by atoms with Crippen molar-refractivity contribution in [2.24, 2.45) is 12.8 Å². The van der Waals surface area contributed by atoms with Crippen molar-refractivity contribution in [3.05, 3.63) is 34.5 Å². The number of aromatic nitrogens is 3. The van der Waals surface area contributed by atoms with Crippen LogP contribution in [0.2, 0.25) is 0 Å². The Kier molecular flexibility index (Phi) is 3.77. The van der Waals surface area contributed by atoms with Crippen molar-refractivity contribution < 1.29 is 4.52 Å². The highest BCUT2D eigenvalue weighted by molar-refractivity contribution is 5.51. The van der Waals surface area contributed by atoms with E-state index in [1.807, 2.05) is 19.0 Å². The maximum Gasteiger partial charge on any atom is 0.258 e. The molecule has 0 aromatic carbocycles. The molecule has 0 amide bonds. The predicted octanol–water partition coefficient (Wildman–Crippen LogP) is -0.00330. The number of rotatable bonds is 4. The molecule has 1 unspecified atom stereocenters. The van der Waals surface area contributed by atoms with Gasteiger partial charge in [-0.05, 0) is 20.2 Å². The Bertz CT molecular complexity index is 617. The van der Waals surface area contributed by atoms with Gasteiger partial charge in [-0.1, -0.05) is 5.16 Å². The number of hydrogen-bond acceptors (Lipinski definition) is 6. The van der Waals surface area contributed by atoms with Crippen LogP contribution >= 0.6 is 0 Å². The minimum absolute atomic E-state index is 0.130. The van der Waals surface area contributed by atoms with Gasteiger partial charge in [0.05, 0.1) is 6.04 Å². The highest BCUT2D eigenvalue weighted by Crippen LogP contribution is 2.17. The second-order valence-electron chi connectivity index (χ2n) is 4.69. The minimum atomic E-state index is -0.320. The van der Waals surface area contributed by atoms with Crippen molar-refractivity contribution in [3.63, 3.8) is 0 Å². The van der Waals surface area contributed by atoms with Gasteiger partial charge in [-0.25, -0.2) is 0 Å². The van der Waals surface area contributed by atoms with Crippen LogP contribution in [0, 0.1) is 0 Å². The molecule has 0 fully saturated rings. The molecule has 0 spiro atoms. The van der Waals surface area contributed by atoms with Gasteiger partial charge < -0.3 is 19.7 Å². The van der Waals surface area contributed by atoms with Crippen LogP contribution in [-0.2, 0) is 7.05 Å². The first kappa shape index (κ1) is 13.4. The number of hydrogen-bond donors (Lipinski definition) is 1. The number of nitrogens with two attached hydrogens (primary N) is 1. The van der Waals surface area contributed by atoms with E-state index in [9.17, 15) is 4.79 Å². The van der Waals surface area contributed by atoms with Crippen LogP contribution in [0.15, 0.2) is 27.6 Å². The number of aryl methyl sites for hydroxylation is 1. The van der Waals surface area contributed by atoms with Gasteiger partial charge in [-0.2, -0.15) is 4.98 Å². The van der Waals surface area contributed by atoms with Crippen LogP contribution < -0.4 is 11.3 Å². The third kappa shape index (κ3) is 3.07. The second-order valence-corrected chi connectivity index (χ2v) is 4.69. The van der Waals surface area contributed by atoms with Crippen molar-refractivity contribution in [3.8, 4) is 11.5 Å². The Labute approximate surface area is 110 Å². The highest BCUT2D eigenvalue weighted by atomic mass is 16.5. The molecule has 2 heterocycles. The van der Waals surface area contributed by atoms with E-state index >= 15 is 0 Å². The Morgan fingerprint density at radius 2 is 2.26 bits per heavy atom. The van der Waals surface area contributed by atoms with Gasteiger partial charge >= 0.3 is 0 Å². The summed E-state index contributed by atoms with van der Waals surface area (Å²) in [6, 6.07) is 2.88. The molecule has 19 heavy (non-hydrogen) atoms. The highest BCUT2D eigenvalue weighted by Gasteiger charge is 2.16. The maximum absolute atomic E-state index is 11.5. The molecule has 0 radical (unpaired) electrons. The average Bonchev–Trinajstić information content (AvgIpc) is 2.81. The maximum atomic E-state index is 11.5. The Morgan fingerprint density at radius 1 is 1.53 bits per heavy atom. The zero-order chi connectivity index (χ0) is 14.0. The van der Waals surface area contributed by atoms with Crippen molar-refractivity contribution in [2.45, 2.75) is 6.04 Å². The van der Waals surface area contributed by atoms with E-state index in [2.05, 4.69) is 10.1 Å². The van der Waals surface area contributed by atoms with Gasteiger partial charge in [0, 0.05) is 31.4 Å². The number of nitrogens with zero attached hydrogens (tertiary/aromatic N) is 4. The fourth-order valence-electron chi connectivity index (χ4n) is 1.66. The zero-order valence-corrected chi connectivity index (χ0v) is 11.2. The summed E-state index contributed by atoms with van der Waals surface area (Å²) in [5.74, 6) is 0.742. The van der Waals surface area contributed by atoms with Crippen LogP contribution in [0.1, 0.15) is 11.9 Å². The first-order chi connectivity index (χ1) is 8.97. The summed E-state index contributed by atoms with van der Waals surface area (Å²) in [6.45, 7) is 0.621. The molecule has 2 aromatic heterocycles. The average molecular weight is 263 g/mol. The molecule has 0 aliphatic rings. The molecule has 0 aliphatic heterocycles. The summed E-state index contributed by atoms with van der Waals surface area (Å²) < 4.78 is 6.61. The SMILES string of the molecule is CN(C)CC(N)c1noc(-c2ccn(C)c(=O)c2)n1. The van der Waals surface area contributed by atoms with Gasteiger partial charge in [0.1, 0.15) is 0 Å². The summed E-state index contributed by atoms with van der Waals surface area (Å²) in [7, 11) is 5.52. The lowest BCUT2D eigenvalue weighted by Gasteiger charge is -2.12. The molecule has 0 saturated carbocycles. The van der Waals surface area contributed by atoms with Crippen LogP contribution in [0.25, 0.3) is 11.5 Å². The molecule has 7 nitrogen and oxygen atoms in total. The van der Waals surface area contributed by atoms with Crippen LogP contribution in [-0.4, -0.2) is 40.2 Å². The Morgan fingerprint density at radius 3 is 2.89 bits per heavy atom. The van der Waals surface area contributed by atoms with Crippen LogP contribution in [0.4, 0.5) is 0 Å². The lowest BCUT2D eigenvalue weighted by atomic mass is 10.2.